The molecule has 0 aliphatic heterocycles. The molecule has 0 saturated heterocycles. The SMILES string of the molecule is O=C(O)c1ccc2ncn(CC3(C4CC4)CC3)c2c1. The van der Waals surface area contributed by atoms with Crippen LogP contribution in [0, 0.1) is 11.3 Å². The highest BCUT2D eigenvalue weighted by Crippen LogP contribution is 2.62. The monoisotopic (exact) mass is 256 g/mol. The van der Waals surface area contributed by atoms with Crippen LogP contribution in [0.3, 0.4) is 0 Å². The van der Waals surface area contributed by atoms with Gasteiger partial charge in [-0.25, -0.2) is 9.78 Å². The van der Waals surface area contributed by atoms with Gasteiger partial charge in [0.15, 0.2) is 0 Å². The van der Waals surface area contributed by atoms with Gasteiger partial charge in [-0.1, -0.05) is 0 Å². The highest BCUT2D eigenvalue weighted by atomic mass is 16.4. The van der Waals surface area contributed by atoms with Crippen molar-refractivity contribution in [2.45, 2.75) is 32.2 Å². The fraction of sp³-hybridized carbons (Fsp3) is 0.467. The lowest BCUT2D eigenvalue weighted by Crippen LogP contribution is -2.13. The van der Waals surface area contributed by atoms with Crippen LogP contribution in [0.5, 0.6) is 0 Å². The highest BCUT2D eigenvalue weighted by molar-refractivity contribution is 5.92. The molecular formula is C15H16N2O2. The van der Waals surface area contributed by atoms with Gasteiger partial charge >= 0.3 is 5.97 Å². The number of aromatic carboxylic acids is 1. The largest absolute Gasteiger partial charge is 0.478 e. The highest BCUT2D eigenvalue weighted by Gasteiger charge is 2.53. The zero-order chi connectivity index (χ0) is 13.0. The van der Waals surface area contributed by atoms with Crippen molar-refractivity contribution in [3.8, 4) is 0 Å². The maximum Gasteiger partial charge on any atom is 0.335 e. The molecular weight excluding hydrogens is 240 g/mol. The summed E-state index contributed by atoms with van der Waals surface area (Å²) in [5, 5.41) is 9.09. The fourth-order valence-corrected chi connectivity index (χ4v) is 3.21. The molecule has 1 N–H and O–H groups in total. The summed E-state index contributed by atoms with van der Waals surface area (Å²) in [7, 11) is 0. The van der Waals surface area contributed by atoms with Crippen LogP contribution in [0.4, 0.5) is 0 Å². The summed E-state index contributed by atoms with van der Waals surface area (Å²) in [6.45, 7) is 0.997. The maximum absolute atomic E-state index is 11.1. The van der Waals surface area contributed by atoms with Gasteiger partial charge in [0.1, 0.15) is 0 Å². The molecule has 2 aromatic rings. The third kappa shape index (κ3) is 1.74. The molecule has 4 nitrogen and oxygen atoms in total. The molecule has 4 rings (SSSR count). The minimum Gasteiger partial charge on any atom is -0.478 e. The zero-order valence-corrected chi connectivity index (χ0v) is 10.7. The number of imidazole rings is 1. The van der Waals surface area contributed by atoms with E-state index in [1.165, 1.54) is 25.7 Å². The Labute approximate surface area is 111 Å². The van der Waals surface area contributed by atoms with Gasteiger partial charge in [0.25, 0.3) is 0 Å². The van der Waals surface area contributed by atoms with Crippen LogP contribution in [-0.4, -0.2) is 20.6 Å². The zero-order valence-electron chi connectivity index (χ0n) is 10.7. The van der Waals surface area contributed by atoms with E-state index >= 15 is 0 Å². The first kappa shape index (κ1) is 11.0. The van der Waals surface area contributed by atoms with Gasteiger partial charge in [-0.05, 0) is 55.2 Å². The Morgan fingerprint density at radius 2 is 2.21 bits per heavy atom. The van der Waals surface area contributed by atoms with Gasteiger partial charge in [-0.2, -0.15) is 0 Å². The summed E-state index contributed by atoms with van der Waals surface area (Å²) in [5.41, 5.74) is 2.67. The quantitative estimate of drug-likeness (QED) is 0.915. The number of hydrogen-bond donors (Lipinski definition) is 1. The number of aromatic nitrogens is 2. The van der Waals surface area contributed by atoms with E-state index < -0.39 is 5.97 Å². The van der Waals surface area contributed by atoms with Crippen LogP contribution in [0.25, 0.3) is 11.0 Å². The summed E-state index contributed by atoms with van der Waals surface area (Å²) in [4.78, 5) is 15.4. The number of carbonyl (C=O) groups is 1. The molecule has 0 amide bonds. The minimum atomic E-state index is -0.877. The van der Waals surface area contributed by atoms with Crippen molar-refractivity contribution in [1.29, 1.82) is 0 Å². The number of fused-ring (bicyclic) bond motifs is 1. The van der Waals surface area contributed by atoms with Crippen molar-refractivity contribution in [3.05, 3.63) is 30.1 Å². The molecule has 0 bridgehead atoms. The molecule has 0 unspecified atom stereocenters. The standard InChI is InChI=1S/C15H16N2O2/c18-14(19)10-1-4-12-13(7-10)17(9-16-12)8-15(5-6-15)11-2-3-11/h1,4,7,9,11H,2-3,5-6,8H2,(H,18,19). The van der Waals surface area contributed by atoms with Crippen LogP contribution in [0.2, 0.25) is 0 Å². The topological polar surface area (TPSA) is 55.1 Å². The van der Waals surface area contributed by atoms with Crippen molar-refractivity contribution in [2.24, 2.45) is 11.3 Å². The number of carboxylic acid groups (broad SMARTS) is 1. The molecule has 2 aliphatic carbocycles. The van der Waals surface area contributed by atoms with Gasteiger partial charge < -0.3 is 9.67 Å². The molecule has 1 aromatic heterocycles. The molecule has 2 aliphatic rings. The Hall–Kier alpha value is -1.84. The molecule has 0 atom stereocenters. The molecule has 1 aromatic carbocycles. The van der Waals surface area contributed by atoms with Crippen LogP contribution >= 0.6 is 0 Å². The van der Waals surface area contributed by atoms with Gasteiger partial charge in [-0.15, -0.1) is 0 Å². The smallest absolute Gasteiger partial charge is 0.335 e. The second-order valence-electron chi connectivity index (χ2n) is 6.02. The molecule has 4 heteroatoms. The van der Waals surface area contributed by atoms with Gasteiger partial charge in [0, 0.05) is 6.54 Å². The van der Waals surface area contributed by atoms with Gasteiger partial charge in [0.05, 0.1) is 22.9 Å². The van der Waals surface area contributed by atoms with Gasteiger partial charge in [0.2, 0.25) is 0 Å². The van der Waals surface area contributed by atoms with E-state index in [4.69, 9.17) is 5.11 Å². The Kier molecular flexibility index (Phi) is 2.08. The first-order valence-electron chi connectivity index (χ1n) is 6.86. The van der Waals surface area contributed by atoms with Crippen molar-refractivity contribution in [3.63, 3.8) is 0 Å². The van der Waals surface area contributed by atoms with E-state index in [9.17, 15) is 4.79 Å². The van der Waals surface area contributed by atoms with Crippen molar-refractivity contribution < 1.29 is 9.90 Å². The molecule has 98 valence electrons. The minimum absolute atomic E-state index is 0.338. The molecule has 2 saturated carbocycles. The van der Waals surface area contributed by atoms with Crippen molar-refractivity contribution in [1.82, 2.24) is 9.55 Å². The third-order valence-corrected chi connectivity index (χ3v) is 4.69. The second kappa shape index (κ2) is 3.59. The van der Waals surface area contributed by atoms with Crippen LogP contribution in [0.15, 0.2) is 24.5 Å². The van der Waals surface area contributed by atoms with E-state index in [1.54, 1.807) is 18.2 Å². The Balaban J connectivity index is 1.73. The third-order valence-electron chi connectivity index (χ3n) is 4.69. The summed E-state index contributed by atoms with van der Waals surface area (Å²) >= 11 is 0. The van der Waals surface area contributed by atoms with E-state index in [2.05, 4.69) is 9.55 Å². The number of hydrogen-bond acceptors (Lipinski definition) is 2. The Morgan fingerprint density at radius 1 is 1.42 bits per heavy atom. The predicted molar refractivity (Wildman–Crippen MR) is 71.1 cm³/mol. The lowest BCUT2D eigenvalue weighted by atomic mass is 10.0. The van der Waals surface area contributed by atoms with E-state index in [-0.39, 0.29) is 0 Å². The van der Waals surface area contributed by atoms with Crippen LogP contribution in [0.1, 0.15) is 36.0 Å². The van der Waals surface area contributed by atoms with E-state index in [0.717, 1.165) is 23.5 Å². The Morgan fingerprint density at radius 3 is 2.84 bits per heavy atom. The summed E-state index contributed by atoms with van der Waals surface area (Å²) in [6, 6.07) is 5.16. The normalized spacial score (nSPS) is 20.6. The van der Waals surface area contributed by atoms with Crippen molar-refractivity contribution >= 4 is 17.0 Å². The van der Waals surface area contributed by atoms with Gasteiger partial charge in [-0.3, -0.25) is 0 Å². The average molecular weight is 256 g/mol. The summed E-state index contributed by atoms with van der Waals surface area (Å²) < 4.78 is 2.15. The fourth-order valence-electron chi connectivity index (χ4n) is 3.21. The first-order valence-corrected chi connectivity index (χ1v) is 6.86. The second-order valence-corrected chi connectivity index (χ2v) is 6.02. The maximum atomic E-state index is 11.1. The predicted octanol–water partition coefficient (Wildman–Crippen LogP) is 2.92. The molecule has 0 radical (unpaired) electrons. The van der Waals surface area contributed by atoms with E-state index in [1.807, 2.05) is 6.33 Å². The molecule has 1 heterocycles. The molecule has 0 spiro atoms. The van der Waals surface area contributed by atoms with Crippen molar-refractivity contribution in [2.75, 3.05) is 0 Å². The van der Waals surface area contributed by atoms with Crippen LogP contribution in [-0.2, 0) is 6.54 Å². The average Bonchev–Trinajstić information content (AvgIpc) is 3.28. The summed E-state index contributed by atoms with van der Waals surface area (Å²) in [5.74, 6) is 0.0191. The number of carboxylic acids is 1. The Bertz CT molecular complexity index is 666. The van der Waals surface area contributed by atoms with E-state index in [0.29, 0.717) is 11.0 Å². The first-order chi connectivity index (χ1) is 9.18. The number of nitrogens with zero attached hydrogens (tertiary/aromatic N) is 2. The lowest BCUT2D eigenvalue weighted by Gasteiger charge is -2.15. The van der Waals surface area contributed by atoms with Crippen LogP contribution < -0.4 is 0 Å². The number of rotatable bonds is 4. The lowest BCUT2D eigenvalue weighted by molar-refractivity contribution is 0.0697. The molecule has 19 heavy (non-hydrogen) atoms. The summed E-state index contributed by atoms with van der Waals surface area (Å²) in [6.07, 6.45) is 7.23. The number of benzene rings is 1. The molecule has 2 fully saturated rings.